The number of halogens is 2. The van der Waals surface area contributed by atoms with Crippen LogP contribution < -0.4 is 0 Å². The molecule has 0 unspecified atom stereocenters. The molecule has 0 amide bonds. The minimum atomic E-state index is -0.824. The van der Waals surface area contributed by atoms with Gasteiger partial charge in [-0.05, 0) is 11.6 Å². The minimum absolute atomic E-state index is 0.254. The fourth-order valence-electron chi connectivity index (χ4n) is 1.40. The van der Waals surface area contributed by atoms with Gasteiger partial charge in [-0.15, -0.1) is 0 Å². The monoisotopic (exact) mass is 216 g/mol. The Bertz CT molecular complexity index is 501. The maximum absolute atomic E-state index is 13.3. The van der Waals surface area contributed by atoms with Crippen LogP contribution in [-0.4, -0.2) is 0 Å². The molecule has 0 heterocycles. The predicted molar refractivity (Wildman–Crippen MR) is 61.7 cm³/mol. The smallest absolute Gasteiger partial charge is 0.166 e. The van der Waals surface area contributed by atoms with Crippen molar-refractivity contribution >= 4 is 12.2 Å². The molecule has 2 aromatic rings. The number of hydrogen-bond donors (Lipinski definition) is 0. The molecule has 80 valence electrons. The highest BCUT2D eigenvalue weighted by molar-refractivity contribution is 5.69. The minimum Gasteiger partial charge on any atom is -0.204 e. The third kappa shape index (κ3) is 2.34. The molecule has 0 saturated heterocycles. The van der Waals surface area contributed by atoms with Gasteiger partial charge in [0, 0.05) is 5.56 Å². The summed E-state index contributed by atoms with van der Waals surface area (Å²) < 4.78 is 26.2. The molecule has 0 bridgehead atoms. The summed E-state index contributed by atoms with van der Waals surface area (Å²) in [6.07, 6.45) is 3.31. The fraction of sp³-hybridized carbons (Fsp3) is 0. The Morgan fingerprint density at radius 2 is 1.50 bits per heavy atom. The molecule has 0 aromatic heterocycles. The second-order valence-corrected chi connectivity index (χ2v) is 3.39. The lowest BCUT2D eigenvalue weighted by Crippen LogP contribution is -1.86. The van der Waals surface area contributed by atoms with Crippen molar-refractivity contribution < 1.29 is 8.78 Å². The second kappa shape index (κ2) is 4.71. The van der Waals surface area contributed by atoms with Crippen molar-refractivity contribution in [1.29, 1.82) is 0 Å². The van der Waals surface area contributed by atoms with E-state index in [1.807, 2.05) is 30.3 Å². The molecule has 0 N–H and O–H groups in total. The van der Waals surface area contributed by atoms with E-state index in [4.69, 9.17) is 0 Å². The summed E-state index contributed by atoms with van der Waals surface area (Å²) in [4.78, 5) is 0. The first-order valence-electron chi connectivity index (χ1n) is 4.94. The summed E-state index contributed by atoms with van der Waals surface area (Å²) in [5.41, 5.74) is 1.20. The Labute approximate surface area is 92.9 Å². The van der Waals surface area contributed by atoms with Crippen LogP contribution in [0.2, 0.25) is 0 Å². The van der Waals surface area contributed by atoms with Crippen molar-refractivity contribution in [3.63, 3.8) is 0 Å². The largest absolute Gasteiger partial charge is 0.204 e. The van der Waals surface area contributed by atoms with E-state index in [-0.39, 0.29) is 5.56 Å². The molecule has 2 heteroatoms. The van der Waals surface area contributed by atoms with Gasteiger partial charge in [0.15, 0.2) is 11.6 Å². The number of benzene rings is 2. The first kappa shape index (κ1) is 10.6. The molecule has 0 aliphatic rings. The zero-order valence-electron chi connectivity index (χ0n) is 8.53. The van der Waals surface area contributed by atoms with Gasteiger partial charge in [0.2, 0.25) is 0 Å². The molecule has 2 rings (SSSR count). The Morgan fingerprint density at radius 1 is 0.750 bits per heavy atom. The summed E-state index contributed by atoms with van der Waals surface area (Å²) in [7, 11) is 0. The fourth-order valence-corrected chi connectivity index (χ4v) is 1.40. The summed E-state index contributed by atoms with van der Waals surface area (Å²) in [5, 5.41) is 0. The number of rotatable bonds is 2. The Kier molecular flexibility index (Phi) is 3.10. The molecule has 0 saturated carbocycles. The highest BCUT2D eigenvalue weighted by Crippen LogP contribution is 2.14. The van der Waals surface area contributed by atoms with Gasteiger partial charge >= 0.3 is 0 Å². The average Bonchev–Trinajstić information content (AvgIpc) is 2.32. The third-order valence-corrected chi connectivity index (χ3v) is 2.24. The normalized spacial score (nSPS) is 10.9. The molecule has 0 spiro atoms. The maximum atomic E-state index is 13.3. The molecule has 0 aliphatic heterocycles. The van der Waals surface area contributed by atoms with Gasteiger partial charge in [-0.25, -0.2) is 8.78 Å². The lowest BCUT2D eigenvalue weighted by Gasteiger charge is -1.97. The second-order valence-electron chi connectivity index (χ2n) is 3.39. The van der Waals surface area contributed by atoms with Crippen LogP contribution in [0.4, 0.5) is 8.78 Å². The molecule has 0 atom stereocenters. The Morgan fingerprint density at radius 3 is 2.25 bits per heavy atom. The van der Waals surface area contributed by atoms with E-state index in [2.05, 4.69) is 0 Å². The summed E-state index contributed by atoms with van der Waals surface area (Å²) >= 11 is 0. The van der Waals surface area contributed by atoms with Gasteiger partial charge in [-0.1, -0.05) is 54.6 Å². The Balaban J connectivity index is 2.28. The SMILES string of the molecule is Fc1cccc(/C=C\c2ccccc2)c1F. The van der Waals surface area contributed by atoms with Gasteiger partial charge in [0.25, 0.3) is 0 Å². The molecule has 0 aliphatic carbocycles. The molecule has 2 aromatic carbocycles. The average molecular weight is 216 g/mol. The van der Waals surface area contributed by atoms with Gasteiger partial charge in [-0.3, -0.25) is 0 Å². The summed E-state index contributed by atoms with van der Waals surface area (Å²) in [5.74, 6) is -1.63. The summed E-state index contributed by atoms with van der Waals surface area (Å²) in [6.45, 7) is 0. The standard InChI is InChI=1S/C14H10F2/c15-13-8-4-7-12(14(13)16)10-9-11-5-2-1-3-6-11/h1-10H/b10-9-. The van der Waals surface area contributed by atoms with Crippen LogP contribution in [0.15, 0.2) is 48.5 Å². The van der Waals surface area contributed by atoms with Crippen LogP contribution in [0.3, 0.4) is 0 Å². The molecule has 0 nitrogen and oxygen atoms in total. The highest BCUT2D eigenvalue weighted by atomic mass is 19.2. The summed E-state index contributed by atoms with van der Waals surface area (Å²) in [6, 6.07) is 13.6. The van der Waals surface area contributed by atoms with Crippen LogP contribution in [0.1, 0.15) is 11.1 Å². The third-order valence-electron chi connectivity index (χ3n) is 2.24. The lowest BCUT2D eigenvalue weighted by atomic mass is 10.1. The molecular formula is C14H10F2. The van der Waals surface area contributed by atoms with Crippen LogP contribution in [-0.2, 0) is 0 Å². The van der Waals surface area contributed by atoms with Crippen molar-refractivity contribution in [3.8, 4) is 0 Å². The van der Waals surface area contributed by atoms with Crippen LogP contribution in [0.25, 0.3) is 12.2 Å². The van der Waals surface area contributed by atoms with Gasteiger partial charge in [0.1, 0.15) is 0 Å². The van der Waals surface area contributed by atoms with E-state index in [0.717, 1.165) is 11.6 Å². The van der Waals surface area contributed by atoms with Crippen molar-refractivity contribution in [2.24, 2.45) is 0 Å². The van der Waals surface area contributed by atoms with Crippen molar-refractivity contribution in [2.45, 2.75) is 0 Å². The van der Waals surface area contributed by atoms with E-state index >= 15 is 0 Å². The zero-order valence-corrected chi connectivity index (χ0v) is 8.53. The Hall–Kier alpha value is -1.96. The topological polar surface area (TPSA) is 0 Å². The lowest BCUT2D eigenvalue weighted by molar-refractivity contribution is 0.507. The number of hydrogen-bond acceptors (Lipinski definition) is 0. The van der Waals surface area contributed by atoms with Gasteiger partial charge < -0.3 is 0 Å². The van der Waals surface area contributed by atoms with Gasteiger partial charge in [0.05, 0.1) is 0 Å². The molecule has 0 fully saturated rings. The first-order chi connectivity index (χ1) is 7.77. The van der Waals surface area contributed by atoms with E-state index in [1.54, 1.807) is 12.2 Å². The van der Waals surface area contributed by atoms with Crippen molar-refractivity contribution in [1.82, 2.24) is 0 Å². The van der Waals surface area contributed by atoms with E-state index < -0.39 is 11.6 Å². The van der Waals surface area contributed by atoms with Crippen LogP contribution in [0.5, 0.6) is 0 Å². The first-order valence-corrected chi connectivity index (χ1v) is 4.94. The zero-order chi connectivity index (χ0) is 11.4. The van der Waals surface area contributed by atoms with E-state index in [9.17, 15) is 8.78 Å². The molecule has 0 radical (unpaired) electrons. The van der Waals surface area contributed by atoms with E-state index in [0.29, 0.717) is 0 Å². The molecular weight excluding hydrogens is 206 g/mol. The van der Waals surface area contributed by atoms with Crippen LogP contribution in [0, 0.1) is 11.6 Å². The van der Waals surface area contributed by atoms with Gasteiger partial charge in [-0.2, -0.15) is 0 Å². The highest BCUT2D eigenvalue weighted by Gasteiger charge is 2.03. The van der Waals surface area contributed by atoms with Crippen LogP contribution >= 0.6 is 0 Å². The quantitative estimate of drug-likeness (QED) is 0.662. The molecule has 16 heavy (non-hydrogen) atoms. The predicted octanol–water partition coefficient (Wildman–Crippen LogP) is 4.14. The van der Waals surface area contributed by atoms with E-state index in [1.165, 1.54) is 12.1 Å². The van der Waals surface area contributed by atoms with Crippen molar-refractivity contribution in [3.05, 3.63) is 71.3 Å². The van der Waals surface area contributed by atoms with Crippen molar-refractivity contribution in [2.75, 3.05) is 0 Å². The maximum Gasteiger partial charge on any atom is 0.166 e.